The maximum Gasteiger partial charge on any atom is 0.305 e. The van der Waals surface area contributed by atoms with Crippen LogP contribution in [-0.4, -0.2) is 40.4 Å². The Morgan fingerprint density at radius 1 is 1.19 bits per heavy atom. The van der Waals surface area contributed by atoms with Crippen molar-refractivity contribution in [2.75, 3.05) is 11.9 Å². The first-order valence-corrected chi connectivity index (χ1v) is 11.1. The van der Waals surface area contributed by atoms with Gasteiger partial charge in [-0.05, 0) is 49.4 Å². The van der Waals surface area contributed by atoms with Gasteiger partial charge in [0.15, 0.2) is 0 Å². The van der Waals surface area contributed by atoms with Crippen molar-refractivity contribution in [2.45, 2.75) is 51.6 Å². The van der Waals surface area contributed by atoms with E-state index in [4.69, 9.17) is 16.3 Å². The Morgan fingerprint density at radius 3 is 2.69 bits per heavy atom. The Labute approximate surface area is 192 Å². The Kier molecular flexibility index (Phi) is 8.11. The summed E-state index contributed by atoms with van der Waals surface area (Å²) in [6.45, 7) is 2.32. The molecule has 2 aromatic rings. The molecule has 1 aliphatic rings. The number of likely N-dealkylation sites (tertiary alicyclic amines) is 1. The molecule has 2 aromatic carbocycles. The van der Waals surface area contributed by atoms with Gasteiger partial charge in [0, 0.05) is 24.4 Å². The van der Waals surface area contributed by atoms with Gasteiger partial charge in [0.1, 0.15) is 11.8 Å². The van der Waals surface area contributed by atoms with Crippen LogP contribution < -0.4 is 5.32 Å². The lowest BCUT2D eigenvalue weighted by atomic mass is 10.0. The molecule has 0 radical (unpaired) electrons. The fourth-order valence-electron chi connectivity index (χ4n) is 3.82. The van der Waals surface area contributed by atoms with E-state index in [1.165, 1.54) is 11.0 Å². The first-order chi connectivity index (χ1) is 15.4. The summed E-state index contributed by atoms with van der Waals surface area (Å²) in [5.41, 5.74) is 1.78. The molecule has 1 saturated heterocycles. The van der Waals surface area contributed by atoms with E-state index in [1.54, 1.807) is 25.1 Å². The highest BCUT2D eigenvalue weighted by Gasteiger charge is 2.36. The average Bonchev–Trinajstić information content (AvgIpc) is 3.12. The zero-order valence-corrected chi connectivity index (χ0v) is 18.7. The van der Waals surface area contributed by atoms with Gasteiger partial charge in [-0.3, -0.25) is 14.4 Å². The second-order valence-electron chi connectivity index (χ2n) is 7.63. The molecule has 7 nitrogen and oxygen atoms in total. The molecule has 170 valence electrons. The van der Waals surface area contributed by atoms with Crippen molar-refractivity contribution in [2.24, 2.45) is 0 Å². The second kappa shape index (κ2) is 11.0. The first kappa shape index (κ1) is 23.6. The molecule has 0 saturated carbocycles. The van der Waals surface area contributed by atoms with Gasteiger partial charge in [-0.25, -0.2) is 0 Å². The number of hydrogen-bond donors (Lipinski definition) is 2. The number of aromatic hydroxyl groups is 1. The molecule has 0 unspecified atom stereocenters. The lowest BCUT2D eigenvalue weighted by Gasteiger charge is -2.25. The third-order valence-electron chi connectivity index (χ3n) is 5.44. The number of ether oxygens (including phenoxy) is 1. The summed E-state index contributed by atoms with van der Waals surface area (Å²) < 4.78 is 4.94. The van der Waals surface area contributed by atoms with Crippen LogP contribution in [0.1, 0.15) is 43.7 Å². The number of nitrogens with zero attached hydrogens (tertiary/aromatic N) is 1. The van der Waals surface area contributed by atoms with E-state index in [2.05, 4.69) is 5.32 Å². The Hall–Kier alpha value is -3.06. The van der Waals surface area contributed by atoms with Gasteiger partial charge in [0.05, 0.1) is 12.3 Å². The molecule has 1 fully saturated rings. The zero-order valence-electron chi connectivity index (χ0n) is 18.0. The smallest absolute Gasteiger partial charge is 0.305 e. The summed E-state index contributed by atoms with van der Waals surface area (Å²) in [7, 11) is 0. The van der Waals surface area contributed by atoms with Crippen LogP contribution in [0.5, 0.6) is 5.75 Å². The number of hydrogen-bond acceptors (Lipinski definition) is 5. The minimum atomic E-state index is -0.661. The normalized spacial score (nSPS) is 15.6. The maximum absolute atomic E-state index is 13.1. The number of anilines is 1. The summed E-state index contributed by atoms with van der Waals surface area (Å²) in [6, 6.07) is 11.5. The predicted molar refractivity (Wildman–Crippen MR) is 121 cm³/mol. The zero-order chi connectivity index (χ0) is 23.1. The van der Waals surface area contributed by atoms with Gasteiger partial charge in [-0.15, -0.1) is 0 Å². The minimum absolute atomic E-state index is 0.0611. The van der Waals surface area contributed by atoms with E-state index in [9.17, 15) is 19.5 Å². The number of rotatable bonds is 9. The van der Waals surface area contributed by atoms with Crippen molar-refractivity contribution in [3.8, 4) is 5.75 Å². The molecular formula is C24H27ClN2O5. The number of phenolic OH excluding ortho intramolecular Hbond substituents is 1. The van der Waals surface area contributed by atoms with E-state index < -0.39 is 6.04 Å². The Balaban J connectivity index is 1.71. The molecule has 1 aliphatic heterocycles. The van der Waals surface area contributed by atoms with Gasteiger partial charge in [-0.2, -0.15) is 0 Å². The fraction of sp³-hybridized carbons (Fsp3) is 0.375. The number of amides is 2. The van der Waals surface area contributed by atoms with Crippen molar-refractivity contribution < 1.29 is 24.2 Å². The Morgan fingerprint density at radius 2 is 1.94 bits per heavy atom. The van der Waals surface area contributed by atoms with Gasteiger partial charge < -0.3 is 20.1 Å². The molecule has 1 atom stereocenters. The number of carbonyl (C=O) groups excluding carboxylic acids is 3. The van der Waals surface area contributed by atoms with Crippen molar-refractivity contribution in [1.82, 2.24) is 4.90 Å². The standard InChI is InChI=1S/C24H27ClN2O5/c1-2-32-22(30)12-6-9-16-8-5-11-20(28)23(16)26-24(31)19-13-14-21(29)27(19)15-17-7-3-4-10-18(17)25/h3-5,7-8,10-11,19,28H,2,6,9,12-15H2,1H3,(H,26,31)/t19-/m1/s1. The number of halogens is 1. The number of aryl methyl sites for hydroxylation is 1. The summed E-state index contributed by atoms with van der Waals surface area (Å²) >= 11 is 6.23. The van der Waals surface area contributed by atoms with Gasteiger partial charge in [0.2, 0.25) is 11.8 Å². The van der Waals surface area contributed by atoms with Crippen LogP contribution in [0.3, 0.4) is 0 Å². The average molecular weight is 459 g/mol. The quantitative estimate of drug-likeness (QED) is 0.436. The summed E-state index contributed by atoms with van der Waals surface area (Å²) in [5, 5.41) is 13.7. The molecule has 1 heterocycles. The van der Waals surface area contributed by atoms with E-state index in [-0.39, 0.29) is 42.9 Å². The number of nitrogens with one attached hydrogen (secondary N) is 1. The van der Waals surface area contributed by atoms with E-state index >= 15 is 0 Å². The van der Waals surface area contributed by atoms with Gasteiger partial charge in [-0.1, -0.05) is 41.9 Å². The molecule has 3 rings (SSSR count). The van der Waals surface area contributed by atoms with Crippen LogP contribution in [0.2, 0.25) is 5.02 Å². The van der Waals surface area contributed by atoms with Crippen LogP contribution in [0.15, 0.2) is 42.5 Å². The summed E-state index contributed by atoms with van der Waals surface area (Å²) in [5.74, 6) is -0.819. The maximum atomic E-state index is 13.1. The number of carbonyl (C=O) groups is 3. The number of phenols is 1. The molecule has 2 amide bonds. The highest BCUT2D eigenvalue weighted by atomic mass is 35.5. The molecule has 0 aliphatic carbocycles. The van der Waals surface area contributed by atoms with Crippen LogP contribution >= 0.6 is 11.6 Å². The molecular weight excluding hydrogens is 432 g/mol. The predicted octanol–water partition coefficient (Wildman–Crippen LogP) is 4.06. The molecule has 0 spiro atoms. The SMILES string of the molecule is CCOC(=O)CCCc1cccc(O)c1NC(=O)[C@H]1CCC(=O)N1Cc1ccccc1Cl. The second-order valence-corrected chi connectivity index (χ2v) is 8.03. The fourth-order valence-corrected chi connectivity index (χ4v) is 4.01. The topological polar surface area (TPSA) is 95.9 Å². The van der Waals surface area contributed by atoms with Crippen molar-refractivity contribution in [1.29, 1.82) is 0 Å². The van der Waals surface area contributed by atoms with E-state index in [0.717, 1.165) is 5.56 Å². The minimum Gasteiger partial charge on any atom is -0.506 e. The molecule has 0 aromatic heterocycles. The lowest BCUT2D eigenvalue weighted by molar-refractivity contribution is -0.143. The summed E-state index contributed by atoms with van der Waals surface area (Å²) in [4.78, 5) is 38.7. The van der Waals surface area contributed by atoms with Gasteiger partial charge in [0.25, 0.3) is 0 Å². The van der Waals surface area contributed by atoms with Crippen molar-refractivity contribution >= 4 is 35.1 Å². The van der Waals surface area contributed by atoms with Crippen LogP contribution in [-0.2, 0) is 32.1 Å². The van der Waals surface area contributed by atoms with Crippen LogP contribution in [0.25, 0.3) is 0 Å². The largest absolute Gasteiger partial charge is 0.506 e. The lowest BCUT2D eigenvalue weighted by Crippen LogP contribution is -2.41. The first-order valence-electron chi connectivity index (χ1n) is 10.7. The molecule has 8 heteroatoms. The Bertz CT molecular complexity index is 994. The highest BCUT2D eigenvalue weighted by Crippen LogP contribution is 2.31. The van der Waals surface area contributed by atoms with Crippen molar-refractivity contribution in [3.05, 3.63) is 58.6 Å². The molecule has 2 N–H and O–H groups in total. The van der Waals surface area contributed by atoms with Crippen LogP contribution in [0, 0.1) is 0 Å². The number of benzene rings is 2. The van der Waals surface area contributed by atoms with Crippen molar-refractivity contribution in [3.63, 3.8) is 0 Å². The van der Waals surface area contributed by atoms with Crippen LogP contribution in [0.4, 0.5) is 5.69 Å². The summed E-state index contributed by atoms with van der Waals surface area (Å²) in [6.07, 6.45) is 1.91. The monoisotopic (exact) mass is 458 g/mol. The third-order valence-corrected chi connectivity index (χ3v) is 5.81. The molecule has 0 bridgehead atoms. The molecule has 32 heavy (non-hydrogen) atoms. The number of esters is 1. The number of para-hydroxylation sites is 1. The highest BCUT2D eigenvalue weighted by molar-refractivity contribution is 6.31. The third kappa shape index (κ3) is 5.79. The van der Waals surface area contributed by atoms with E-state index in [1.807, 2.05) is 18.2 Å². The van der Waals surface area contributed by atoms with E-state index in [0.29, 0.717) is 42.1 Å². The van der Waals surface area contributed by atoms with Gasteiger partial charge >= 0.3 is 5.97 Å².